The van der Waals surface area contributed by atoms with E-state index in [0.29, 0.717) is 5.69 Å². The molecule has 3 unspecified atom stereocenters. The molecular formula is C24H24N2O5S. The molecule has 0 saturated carbocycles. The van der Waals surface area contributed by atoms with Crippen molar-refractivity contribution in [1.82, 2.24) is 4.90 Å². The van der Waals surface area contributed by atoms with Gasteiger partial charge in [0.2, 0.25) is 5.91 Å². The number of nitrogens with zero attached hydrogens (tertiary/aromatic N) is 1. The molecule has 2 aliphatic heterocycles. The summed E-state index contributed by atoms with van der Waals surface area (Å²) in [5.41, 5.74) is 0.357. The second-order valence-electron chi connectivity index (χ2n) is 8.86. The van der Waals surface area contributed by atoms with E-state index in [1.165, 1.54) is 11.8 Å². The van der Waals surface area contributed by atoms with Gasteiger partial charge in [-0.25, -0.2) is 0 Å². The second-order valence-corrected chi connectivity index (χ2v) is 10.1. The van der Waals surface area contributed by atoms with E-state index in [-0.39, 0.29) is 11.1 Å². The first-order valence-corrected chi connectivity index (χ1v) is 11.2. The molecule has 0 spiro atoms. The van der Waals surface area contributed by atoms with Gasteiger partial charge in [0.25, 0.3) is 11.8 Å². The Bertz CT molecular complexity index is 1090. The van der Waals surface area contributed by atoms with Gasteiger partial charge < -0.3 is 10.1 Å². The van der Waals surface area contributed by atoms with Crippen molar-refractivity contribution < 1.29 is 23.9 Å². The van der Waals surface area contributed by atoms with Crippen LogP contribution >= 0.6 is 11.8 Å². The van der Waals surface area contributed by atoms with E-state index >= 15 is 0 Å². The summed E-state index contributed by atoms with van der Waals surface area (Å²) in [6, 6.07) is 12.5. The number of fused-ring (bicyclic) bond motifs is 2. The highest BCUT2D eigenvalue weighted by Gasteiger charge is 2.50. The third kappa shape index (κ3) is 3.90. The molecule has 0 fully saturated rings. The molecule has 2 heterocycles. The van der Waals surface area contributed by atoms with Crippen LogP contribution in [0.4, 0.5) is 5.69 Å². The Labute approximate surface area is 190 Å². The molecular weight excluding hydrogens is 428 g/mol. The van der Waals surface area contributed by atoms with Crippen molar-refractivity contribution in [2.75, 3.05) is 5.32 Å². The van der Waals surface area contributed by atoms with E-state index in [0.717, 1.165) is 9.80 Å². The van der Waals surface area contributed by atoms with E-state index in [1.54, 1.807) is 64.1 Å². The predicted octanol–water partition coefficient (Wildman–Crippen LogP) is 3.74. The van der Waals surface area contributed by atoms with Crippen molar-refractivity contribution in [3.05, 3.63) is 59.7 Å². The van der Waals surface area contributed by atoms with Crippen molar-refractivity contribution >= 4 is 41.1 Å². The number of hydrogen-bond acceptors (Lipinski definition) is 6. The Morgan fingerprint density at radius 3 is 2.16 bits per heavy atom. The van der Waals surface area contributed by atoms with Gasteiger partial charge in [0.15, 0.2) is 0 Å². The zero-order chi connectivity index (χ0) is 23.2. The van der Waals surface area contributed by atoms with E-state index in [2.05, 4.69) is 5.32 Å². The van der Waals surface area contributed by atoms with E-state index < -0.39 is 46.5 Å². The van der Waals surface area contributed by atoms with Crippen LogP contribution in [-0.4, -0.2) is 45.5 Å². The molecule has 0 bridgehead atoms. The minimum Gasteiger partial charge on any atom is -0.460 e. The summed E-state index contributed by atoms with van der Waals surface area (Å²) < 4.78 is 5.57. The van der Waals surface area contributed by atoms with Gasteiger partial charge in [-0.05, 0) is 45.0 Å². The predicted molar refractivity (Wildman–Crippen MR) is 120 cm³/mol. The Kier molecular flexibility index (Phi) is 5.58. The van der Waals surface area contributed by atoms with Gasteiger partial charge in [-0.3, -0.25) is 24.1 Å². The Morgan fingerprint density at radius 1 is 1.00 bits per heavy atom. The summed E-state index contributed by atoms with van der Waals surface area (Å²) in [5, 5.41) is 2.09. The highest BCUT2D eigenvalue weighted by atomic mass is 32.2. The van der Waals surface area contributed by atoms with E-state index in [1.807, 2.05) is 12.1 Å². The molecule has 32 heavy (non-hydrogen) atoms. The number of thioether (sulfide) groups is 1. The minimum atomic E-state index is -1.19. The maximum Gasteiger partial charge on any atom is 0.310 e. The fraction of sp³-hybridized carbons (Fsp3) is 0.333. The minimum absolute atomic E-state index is 0.251. The van der Waals surface area contributed by atoms with Gasteiger partial charge in [-0.15, -0.1) is 11.8 Å². The first-order valence-electron chi connectivity index (χ1n) is 10.3. The van der Waals surface area contributed by atoms with Gasteiger partial charge >= 0.3 is 5.97 Å². The molecule has 2 aromatic carbocycles. The van der Waals surface area contributed by atoms with E-state index in [4.69, 9.17) is 4.74 Å². The number of hydrogen-bond donors (Lipinski definition) is 1. The van der Waals surface area contributed by atoms with Crippen molar-refractivity contribution in [1.29, 1.82) is 0 Å². The fourth-order valence-electron chi connectivity index (χ4n) is 3.87. The number of anilines is 1. The number of nitrogens with one attached hydrogen (secondary N) is 1. The average molecular weight is 453 g/mol. The Morgan fingerprint density at radius 2 is 1.56 bits per heavy atom. The SMILES string of the molecule is CC(C(=O)OC(C)(C)C)C1Sc2ccccc2NC(=O)C1N1C(=O)c2ccccc2C1=O. The summed E-state index contributed by atoms with van der Waals surface area (Å²) >= 11 is 1.29. The third-order valence-electron chi connectivity index (χ3n) is 5.36. The van der Waals surface area contributed by atoms with Crippen LogP contribution in [0.5, 0.6) is 0 Å². The molecule has 1 N–H and O–H groups in total. The fourth-order valence-corrected chi connectivity index (χ4v) is 5.25. The molecule has 0 radical (unpaired) electrons. The van der Waals surface area contributed by atoms with Crippen LogP contribution < -0.4 is 5.32 Å². The van der Waals surface area contributed by atoms with Gasteiger partial charge in [0.05, 0.1) is 28.0 Å². The zero-order valence-electron chi connectivity index (χ0n) is 18.2. The standard InChI is InChI=1S/C24H24N2O5S/c1-13(23(30)31-24(2,3)4)19-18(20(27)25-16-11-7-8-12-17(16)32-19)26-21(28)14-9-5-6-10-15(14)22(26)29/h5-13,18-19H,1-4H3,(H,25,27). The number of rotatable bonds is 3. The van der Waals surface area contributed by atoms with Gasteiger partial charge in [-0.2, -0.15) is 0 Å². The summed E-state index contributed by atoms with van der Waals surface area (Å²) in [6.07, 6.45) is 0. The number of esters is 1. The van der Waals surface area contributed by atoms with Crippen LogP contribution in [0.1, 0.15) is 48.4 Å². The lowest BCUT2D eigenvalue weighted by molar-refractivity contribution is -0.159. The number of amides is 3. The number of benzene rings is 2. The lowest BCUT2D eigenvalue weighted by Gasteiger charge is -2.33. The zero-order valence-corrected chi connectivity index (χ0v) is 19.1. The molecule has 4 rings (SSSR count). The highest BCUT2D eigenvalue weighted by Crippen LogP contribution is 2.42. The normalized spacial score (nSPS) is 21.4. The first kappa shape index (κ1) is 22.1. The smallest absolute Gasteiger partial charge is 0.310 e. The maximum atomic E-state index is 13.4. The summed E-state index contributed by atoms with van der Waals surface area (Å²) in [5.74, 6) is -2.87. The van der Waals surface area contributed by atoms with Gasteiger partial charge in [0.1, 0.15) is 11.6 Å². The van der Waals surface area contributed by atoms with Crippen LogP contribution in [0.15, 0.2) is 53.4 Å². The molecule has 2 aromatic rings. The molecule has 7 nitrogen and oxygen atoms in total. The van der Waals surface area contributed by atoms with Crippen molar-refractivity contribution in [3.63, 3.8) is 0 Å². The lowest BCUT2D eigenvalue weighted by Crippen LogP contribution is -2.54. The molecule has 0 saturated heterocycles. The van der Waals surface area contributed by atoms with Crippen molar-refractivity contribution in [3.8, 4) is 0 Å². The van der Waals surface area contributed by atoms with Crippen LogP contribution in [0, 0.1) is 5.92 Å². The van der Waals surface area contributed by atoms with Gasteiger partial charge in [-0.1, -0.05) is 31.2 Å². The van der Waals surface area contributed by atoms with Crippen LogP contribution in [0.2, 0.25) is 0 Å². The van der Waals surface area contributed by atoms with Crippen LogP contribution in [-0.2, 0) is 14.3 Å². The topological polar surface area (TPSA) is 92.8 Å². The summed E-state index contributed by atoms with van der Waals surface area (Å²) in [4.78, 5) is 54.5. The Balaban J connectivity index is 1.78. The number of carbonyl (C=O) groups is 4. The Hall–Kier alpha value is -3.13. The summed E-state index contributed by atoms with van der Waals surface area (Å²) in [6.45, 7) is 6.96. The molecule has 0 aliphatic carbocycles. The number of imide groups is 1. The van der Waals surface area contributed by atoms with Crippen LogP contribution in [0.25, 0.3) is 0 Å². The van der Waals surface area contributed by atoms with Gasteiger partial charge in [0, 0.05) is 4.90 Å². The lowest BCUT2D eigenvalue weighted by atomic mass is 9.98. The molecule has 166 valence electrons. The molecule has 0 aromatic heterocycles. The van der Waals surface area contributed by atoms with Crippen LogP contribution in [0.3, 0.4) is 0 Å². The largest absolute Gasteiger partial charge is 0.460 e. The average Bonchev–Trinajstić information content (AvgIpc) is 2.88. The number of para-hydroxylation sites is 1. The molecule has 3 amide bonds. The molecule has 2 aliphatic rings. The summed E-state index contributed by atoms with van der Waals surface area (Å²) in [7, 11) is 0. The quantitative estimate of drug-likeness (QED) is 0.563. The monoisotopic (exact) mass is 452 g/mol. The second kappa shape index (κ2) is 8.09. The third-order valence-corrected chi connectivity index (χ3v) is 6.91. The maximum absolute atomic E-state index is 13.4. The van der Waals surface area contributed by atoms with E-state index in [9.17, 15) is 19.2 Å². The van der Waals surface area contributed by atoms with Crippen molar-refractivity contribution in [2.45, 2.75) is 49.5 Å². The number of carbonyl (C=O) groups excluding carboxylic acids is 4. The first-order chi connectivity index (χ1) is 15.1. The molecule has 3 atom stereocenters. The van der Waals surface area contributed by atoms with Crippen molar-refractivity contribution in [2.24, 2.45) is 5.92 Å². The number of ether oxygens (including phenoxy) is 1. The molecule has 8 heteroatoms. The highest BCUT2D eigenvalue weighted by molar-refractivity contribution is 8.00.